The Morgan fingerprint density at radius 1 is 1.06 bits per heavy atom. The van der Waals surface area contributed by atoms with Crippen molar-refractivity contribution in [1.82, 2.24) is 9.55 Å². The molecule has 4 nitrogen and oxygen atoms in total. The topological polar surface area (TPSA) is 69.9 Å². The summed E-state index contributed by atoms with van der Waals surface area (Å²) in [5.74, 6) is 0.491. The molecule has 1 aromatic heterocycles. The van der Waals surface area contributed by atoms with Crippen LogP contribution in [0, 0.1) is 0 Å². The van der Waals surface area contributed by atoms with Gasteiger partial charge in [0.15, 0.2) is 0 Å². The Balaban J connectivity index is 2.30. The molecule has 4 heteroatoms. The average molecular weight is 238 g/mol. The Kier molecular flexibility index (Phi) is 2.50. The summed E-state index contributed by atoms with van der Waals surface area (Å²) in [6.07, 6.45) is 0. The van der Waals surface area contributed by atoms with Gasteiger partial charge in [-0.1, -0.05) is 24.3 Å². The van der Waals surface area contributed by atoms with Crippen molar-refractivity contribution in [2.24, 2.45) is 5.73 Å². The van der Waals surface area contributed by atoms with E-state index in [0.717, 1.165) is 22.3 Å². The van der Waals surface area contributed by atoms with Crippen LogP contribution in [0.3, 0.4) is 0 Å². The number of nitrogen functional groups attached to an aromatic ring is 1. The summed E-state index contributed by atoms with van der Waals surface area (Å²) in [4.78, 5) is 4.36. The zero-order valence-electron chi connectivity index (χ0n) is 9.88. The van der Waals surface area contributed by atoms with Crippen LogP contribution in [0.1, 0.15) is 5.56 Å². The van der Waals surface area contributed by atoms with Crippen molar-refractivity contribution in [2.75, 3.05) is 5.73 Å². The van der Waals surface area contributed by atoms with E-state index in [1.54, 1.807) is 0 Å². The van der Waals surface area contributed by atoms with Gasteiger partial charge in [-0.25, -0.2) is 4.98 Å². The fourth-order valence-corrected chi connectivity index (χ4v) is 2.11. The van der Waals surface area contributed by atoms with Gasteiger partial charge in [0.1, 0.15) is 0 Å². The molecule has 18 heavy (non-hydrogen) atoms. The lowest BCUT2D eigenvalue weighted by Gasteiger charge is -2.06. The lowest BCUT2D eigenvalue weighted by molar-refractivity contribution is 1.07. The average Bonchev–Trinajstić information content (AvgIpc) is 2.74. The largest absolute Gasteiger partial charge is 0.369 e. The molecule has 90 valence electrons. The molecule has 0 unspecified atom stereocenters. The van der Waals surface area contributed by atoms with Gasteiger partial charge < -0.3 is 11.5 Å². The fraction of sp³-hybridized carbons (Fsp3) is 0.0714. The highest BCUT2D eigenvalue weighted by Gasteiger charge is 2.09. The van der Waals surface area contributed by atoms with E-state index >= 15 is 0 Å². The summed E-state index contributed by atoms with van der Waals surface area (Å²) in [6, 6.07) is 15.9. The predicted molar refractivity (Wildman–Crippen MR) is 73.4 cm³/mol. The van der Waals surface area contributed by atoms with Gasteiger partial charge in [-0.05, 0) is 29.8 Å². The Bertz CT molecular complexity index is 686. The molecule has 0 saturated carbocycles. The first-order valence-electron chi connectivity index (χ1n) is 5.82. The van der Waals surface area contributed by atoms with Gasteiger partial charge in [0, 0.05) is 12.2 Å². The molecule has 0 radical (unpaired) electrons. The van der Waals surface area contributed by atoms with E-state index in [2.05, 4.69) is 4.98 Å². The van der Waals surface area contributed by atoms with Crippen molar-refractivity contribution in [3.63, 3.8) is 0 Å². The van der Waals surface area contributed by atoms with Crippen LogP contribution in [0.25, 0.3) is 16.7 Å². The summed E-state index contributed by atoms with van der Waals surface area (Å²) in [6.45, 7) is 0.510. The minimum absolute atomic E-state index is 0.491. The third kappa shape index (κ3) is 1.63. The van der Waals surface area contributed by atoms with Crippen molar-refractivity contribution in [3.05, 3.63) is 54.1 Å². The van der Waals surface area contributed by atoms with Gasteiger partial charge in [-0.3, -0.25) is 4.57 Å². The molecule has 3 rings (SSSR count). The second kappa shape index (κ2) is 4.16. The summed E-state index contributed by atoms with van der Waals surface area (Å²) in [5, 5.41) is 0. The highest BCUT2D eigenvalue weighted by atomic mass is 15.2. The van der Waals surface area contributed by atoms with E-state index in [0.29, 0.717) is 12.5 Å². The van der Waals surface area contributed by atoms with Crippen molar-refractivity contribution in [2.45, 2.75) is 6.54 Å². The summed E-state index contributed by atoms with van der Waals surface area (Å²) in [7, 11) is 0. The number of nitrogens with zero attached hydrogens (tertiary/aromatic N) is 2. The van der Waals surface area contributed by atoms with Crippen LogP contribution in [0.4, 0.5) is 5.95 Å². The quantitative estimate of drug-likeness (QED) is 0.718. The van der Waals surface area contributed by atoms with Gasteiger partial charge in [0.2, 0.25) is 5.95 Å². The molecule has 4 N–H and O–H groups in total. The third-order valence-electron chi connectivity index (χ3n) is 2.99. The second-order valence-corrected chi connectivity index (χ2v) is 4.17. The number of benzene rings is 2. The van der Waals surface area contributed by atoms with Crippen LogP contribution in [0.15, 0.2) is 48.5 Å². The van der Waals surface area contributed by atoms with Crippen molar-refractivity contribution >= 4 is 17.0 Å². The number of rotatable bonds is 2. The number of hydrogen-bond donors (Lipinski definition) is 2. The fourth-order valence-electron chi connectivity index (χ4n) is 2.11. The molecule has 3 aromatic rings. The molecule has 0 fully saturated rings. The van der Waals surface area contributed by atoms with E-state index in [4.69, 9.17) is 11.5 Å². The Morgan fingerprint density at radius 3 is 2.56 bits per heavy atom. The summed E-state index contributed by atoms with van der Waals surface area (Å²) < 4.78 is 1.94. The normalized spacial score (nSPS) is 10.9. The van der Waals surface area contributed by atoms with Crippen LogP contribution in [0.2, 0.25) is 0 Å². The smallest absolute Gasteiger partial charge is 0.205 e. The number of aromatic nitrogens is 2. The van der Waals surface area contributed by atoms with Crippen molar-refractivity contribution < 1.29 is 0 Å². The second-order valence-electron chi connectivity index (χ2n) is 4.17. The maximum absolute atomic E-state index is 6.00. The van der Waals surface area contributed by atoms with E-state index in [9.17, 15) is 0 Å². The zero-order chi connectivity index (χ0) is 12.5. The van der Waals surface area contributed by atoms with Crippen molar-refractivity contribution in [3.8, 4) is 5.69 Å². The molecule has 0 spiro atoms. The Morgan fingerprint density at radius 2 is 1.83 bits per heavy atom. The molecule has 0 aliphatic heterocycles. The minimum Gasteiger partial charge on any atom is -0.369 e. The molecular formula is C14H14N4. The Labute approximate surface area is 105 Å². The third-order valence-corrected chi connectivity index (χ3v) is 2.99. The SMILES string of the molecule is NCc1ccc2nc(N)n(-c3ccccc3)c2c1. The van der Waals surface area contributed by atoms with E-state index in [1.807, 2.05) is 53.1 Å². The van der Waals surface area contributed by atoms with E-state index in [-0.39, 0.29) is 0 Å². The van der Waals surface area contributed by atoms with Crippen LogP contribution in [0.5, 0.6) is 0 Å². The summed E-state index contributed by atoms with van der Waals surface area (Å²) in [5.41, 5.74) is 15.6. The number of para-hydroxylation sites is 1. The maximum atomic E-state index is 6.00. The lowest BCUT2D eigenvalue weighted by Crippen LogP contribution is -2.01. The monoisotopic (exact) mass is 238 g/mol. The van der Waals surface area contributed by atoms with Gasteiger partial charge in [0.25, 0.3) is 0 Å². The van der Waals surface area contributed by atoms with Gasteiger partial charge in [-0.2, -0.15) is 0 Å². The van der Waals surface area contributed by atoms with Crippen molar-refractivity contribution in [1.29, 1.82) is 0 Å². The first-order chi connectivity index (χ1) is 8.79. The van der Waals surface area contributed by atoms with Crippen LogP contribution in [-0.2, 0) is 6.54 Å². The van der Waals surface area contributed by atoms with E-state index < -0.39 is 0 Å². The van der Waals surface area contributed by atoms with Crippen LogP contribution in [-0.4, -0.2) is 9.55 Å². The molecule has 0 amide bonds. The molecule has 0 saturated heterocycles. The standard InChI is InChI=1S/C14H14N4/c15-9-10-6-7-12-13(8-10)18(14(16)17-12)11-4-2-1-3-5-11/h1-8H,9,15H2,(H2,16,17). The molecule has 0 aliphatic rings. The zero-order valence-corrected chi connectivity index (χ0v) is 9.88. The number of fused-ring (bicyclic) bond motifs is 1. The lowest BCUT2D eigenvalue weighted by atomic mass is 10.2. The van der Waals surface area contributed by atoms with Crippen LogP contribution < -0.4 is 11.5 Å². The van der Waals surface area contributed by atoms with Gasteiger partial charge in [-0.15, -0.1) is 0 Å². The molecule has 0 atom stereocenters. The molecule has 0 bridgehead atoms. The van der Waals surface area contributed by atoms with Gasteiger partial charge >= 0.3 is 0 Å². The Hall–Kier alpha value is -2.33. The maximum Gasteiger partial charge on any atom is 0.205 e. The number of hydrogen-bond acceptors (Lipinski definition) is 3. The number of nitrogens with two attached hydrogens (primary N) is 2. The first-order valence-corrected chi connectivity index (χ1v) is 5.82. The molecular weight excluding hydrogens is 224 g/mol. The predicted octanol–water partition coefficient (Wildman–Crippen LogP) is 2.07. The van der Waals surface area contributed by atoms with E-state index in [1.165, 1.54) is 0 Å². The minimum atomic E-state index is 0.491. The first kappa shape index (κ1) is 10.8. The highest BCUT2D eigenvalue weighted by molar-refractivity contribution is 5.81. The number of imidazole rings is 1. The van der Waals surface area contributed by atoms with Gasteiger partial charge in [0.05, 0.1) is 11.0 Å². The number of anilines is 1. The molecule has 1 heterocycles. The summed E-state index contributed by atoms with van der Waals surface area (Å²) >= 11 is 0. The highest BCUT2D eigenvalue weighted by Crippen LogP contribution is 2.23. The molecule has 0 aliphatic carbocycles. The van der Waals surface area contributed by atoms with Crippen LogP contribution >= 0.6 is 0 Å². The molecule has 2 aromatic carbocycles.